The lowest BCUT2D eigenvalue weighted by molar-refractivity contribution is -0.138. The largest absolute Gasteiger partial charge is 0.382 e. The number of hydrogen-bond donors (Lipinski definition) is 2. The van der Waals surface area contributed by atoms with Crippen molar-refractivity contribution < 1.29 is 9.59 Å². The van der Waals surface area contributed by atoms with E-state index >= 15 is 0 Å². The smallest absolute Gasteiger partial charge is 0.224 e. The van der Waals surface area contributed by atoms with Crippen LogP contribution in [0, 0.1) is 5.92 Å². The first-order chi connectivity index (χ1) is 13.2. The predicted molar refractivity (Wildman–Crippen MR) is 105 cm³/mol. The molecule has 0 unspecified atom stereocenters. The van der Waals surface area contributed by atoms with E-state index in [-0.39, 0.29) is 17.7 Å². The van der Waals surface area contributed by atoms with Crippen LogP contribution in [0.4, 0.5) is 5.69 Å². The van der Waals surface area contributed by atoms with Crippen LogP contribution in [-0.2, 0) is 16.0 Å². The molecule has 0 radical (unpaired) electrons. The van der Waals surface area contributed by atoms with E-state index in [2.05, 4.69) is 27.8 Å². The topological polar surface area (TPSA) is 74.3 Å². The summed E-state index contributed by atoms with van der Waals surface area (Å²) in [5, 5.41) is 6.19. The molecule has 6 heteroatoms. The average molecular weight is 366 g/mol. The van der Waals surface area contributed by atoms with E-state index in [1.807, 2.05) is 35.2 Å². The van der Waals surface area contributed by atoms with Crippen LogP contribution in [0.15, 0.2) is 54.9 Å². The lowest BCUT2D eigenvalue weighted by Gasteiger charge is -2.32. The summed E-state index contributed by atoms with van der Waals surface area (Å²) in [6.45, 7) is 2.35. The summed E-state index contributed by atoms with van der Waals surface area (Å²) in [6.07, 6.45) is 5.36. The van der Waals surface area contributed by atoms with Crippen LogP contribution >= 0.6 is 0 Å². The van der Waals surface area contributed by atoms with Crippen LogP contribution in [0.3, 0.4) is 0 Å². The number of carbonyl (C=O) groups excluding carboxylic acids is 2. The van der Waals surface area contributed by atoms with Crippen LogP contribution in [0.2, 0.25) is 0 Å². The Morgan fingerprint density at radius 2 is 2.00 bits per heavy atom. The third-order valence-electron chi connectivity index (χ3n) is 4.80. The maximum absolute atomic E-state index is 12.4. The van der Waals surface area contributed by atoms with E-state index in [0.29, 0.717) is 39.0 Å². The van der Waals surface area contributed by atoms with Gasteiger partial charge in [-0.2, -0.15) is 0 Å². The van der Waals surface area contributed by atoms with E-state index < -0.39 is 0 Å². The standard InChI is InChI=1S/C21H26N4O2/c26-20-9-8-18(16-25(20)14-10-17-5-2-1-3-6-17)21(27)24-13-12-23-19-7-4-11-22-15-19/h1-7,11,15,18,23H,8-10,12-14,16H2,(H,24,27)/t18-/m0/s1. The summed E-state index contributed by atoms with van der Waals surface area (Å²) < 4.78 is 0. The zero-order chi connectivity index (χ0) is 18.9. The van der Waals surface area contributed by atoms with Gasteiger partial charge in [-0.05, 0) is 30.5 Å². The van der Waals surface area contributed by atoms with Gasteiger partial charge >= 0.3 is 0 Å². The molecule has 1 aliphatic rings. The minimum atomic E-state index is -0.128. The van der Waals surface area contributed by atoms with Crippen LogP contribution in [0.25, 0.3) is 0 Å². The van der Waals surface area contributed by atoms with Gasteiger partial charge in [0.1, 0.15) is 0 Å². The van der Waals surface area contributed by atoms with Gasteiger partial charge in [0.2, 0.25) is 11.8 Å². The molecular formula is C21H26N4O2. The minimum Gasteiger partial charge on any atom is -0.382 e. The lowest BCUT2D eigenvalue weighted by Crippen LogP contribution is -2.47. The molecule has 1 aromatic carbocycles. The van der Waals surface area contributed by atoms with E-state index in [9.17, 15) is 9.59 Å². The van der Waals surface area contributed by atoms with Crippen molar-refractivity contribution in [3.05, 3.63) is 60.4 Å². The Hall–Kier alpha value is -2.89. The molecule has 2 aromatic rings. The number of aromatic nitrogens is 1. The van der Waals surface area contributed by atoms with Crippen LogP contribution in [0.5, 0.6) is 0 Å². The monoisotopic (exact) mass is 366 g/mol. The highest BCUT2D eigenvalue weighted by atomic mass is 16.2. The van der Waals surface area contributed by atoms with Crippen molar-refractivity contribution in [1.29, 1.82) is 0 Å². The van der Waals surface area contributed by atoms with Gasteiger partial charge in [0, 0.05) is 45.0 Å². The number of carbonyl (C=O) groups is 2. The highest BCUT2D eigenvalue weighted by molar-refractivity contribution is 5.83. The number of piperidine rings is 1. The fourth-order valence-corrected chi connectivity index (χ4v) is 3.26. The molecule has 3 rings (SSSR count). The fourth-order valence-electron chi connectivity index (χ4n) is 3.26. The van der Waals surface area contributed by atoms with Crippen LogP contribution in [0.1, 0.15) is 18.4 Å². The molecule has 2 heterocycles. The zero-order valence-electron chi connectivity index (χ0n) is 15.4. The summed E-state index contributed by atoms with van der Waals surface area (Å²) in [5.41, 5.74) is 2.14. The van der Waals surface area contributed by atoms with Gasteiger partial charge in [0.15, 0.2) is 0 Å². The fraction of sp³-hybridized carbons (Fsp3) is 0.381. The number of amides is 2. The number of hydrogen-bond acceptors (Lipinski definition) is 4. The van der Waals surface area contributed by atoms with E-state index in [0.717, 1.165) is 12.1 Å². The Labute approximate surface area is 160 Å². The van der Waals surface area contributed by atoms with Crippen molar-refractivity contribution >= 4 is 17.5 Å². The maximum atomic E-state index is 12.4. The molecule has 27 heavy (non-hydrogen) atoms. The Morgan fingerprint density at radius 3 is 2.78 bits per heavy atom. The van der Waals surface area contributed by atoms with Gasteiger partial charge in [0.25, 0.3) is 0 Å². The third kappa shape index (κ3) is 5.81. The number of nitrogens with zero attached hydrogens (tertiary/aromatic N) is 2. The van der Waals surface area contributed by atoms with Crippen LogP contribution in [-0.4, -0.2) is 47.9 Å². The average Bonchev–Trinajstić information content (AvgIpc) is 2.72. The number of nitrogens with one attached hydrogen (secondary N) is 2. The van der Waals surface area contributed by atoms with E-state index in [1.165, 1.54) is 5.56 Å². The first kappa shape index (κ1) is 18.9. The van der Waals surface area contributed by atoms with Gasteiger partial charge in [-0.1, -0.05) is 30.3 Å². The predicted octanol–water partition coefficient (Wildman–Crippen LogP) is 2.09. The second kappa shape index (κ2) is 9.71. The molecule has 1 fully saturated rings. The maximum Gasteiger partial charge on any atom is 0.224 e. The third-order valence-corrected chi connectivity index (χ3v) is 4.80. The Kier molecular flexibility index (Phi) is 6.79. The van der Waals surface area contributed by atoms with Crippen molar-refractivity contribution in [3.63, 3.8) is 0 Å². The van der Waals surface area contributed by atoms with Gasteiger partial charge < -0.3 is 15.5 Å². The summed E-state index contributed by atoms with van der Waals surface area (Å²) in [7, 11) is 0. The molecule has 2 amide bonds. The van der Waals surface area contributed by atoms with E-state index in [1.54, 1.807) is 12.4 Å². The van der Waals surface area contributed by atoms with Gasteiger partial charge in [-0.15, -0.1) is 0 Å². The van der Waals surface area contributed by atoms with Crippen molar-refractivity contribution in [3.8, 4) is 0 Å². The molecule has 1 aromatic heterocycles. The summed E-state index contributed by atoms with van der Waals surface area (Å²) in [5.74, 6) is 0.0466. The Balaban J connectivity index is 1.41. The zero-order valence-corrected chi connectivity index (χ0v) is 15.4. The van der Waals surface area contributed by atoms with Gasteiger partial charge in [-0.25, -0.2) is 0 Å². The lowest BCUT2D eigenvalue weighted by atomic mass is 9.96. The molecule has 0 spiro atoms. The van der Waals surface area contributed by atoms with Gasteiger partial charge in [0.05, 0.1) is 11.6 Å². The van der Waals surface area contributed by atoms with Crippen molar-refractivity contribution in [2.75, 3.05) is 31.5 Å². The molecule has 0 saturated carbocycles. The molecule has 1 aliphatic heterocycles. The number of likely N-dealkylation sites (tertiary alicyclic amines) is 1. The highest BCUT2D eigenvalue weighted by Crippen LogP contribution is 2.18. The van der Waals surface area contributed by atoms with Crippen LogP contribution < -0.4 is 10.6 Å². The first-order valence-electron chi connectivity index (χ1n) is 9.45. The summed E-state index contributed by atoms with van der Waals surface area (Å²) in [4.78, 5) is 30.5. The normalized spacial score (nSPS) is 16.8. The highest BCUT2D eigenvalue weighted by Gasteiger charge is 2.29. The summed E-state index contributed by atoms with van der Waals surface area (Å²) in [6, 6.07) is 13.9. The molecule has 2 N–H and O–H groups in total. The molecule has 1 atom stereocenters. The first-order valence-corrected chi connectivity index (χ1v) is 9.45. The van der Waals surface area contributed by atoms with Crippen molar-refractivity contribution in [2.45, 2.75) is 19.3 Å². The number of benzene rings is 1. The Bertz CT molecular complexity index is 736. The molecule has 1 saturated heterocycles. The van der Waals surface area contributed by atoms with Crippen molar-refractivity contribution in [1.82, 2.24) is 15.2 Å². The minimum absolute atomic E-state index is 0.0280. The second-order valence-corrected chi connectivity index (χ2v) is 6.77. The summed E-state index contributed by atoms with van der Waals surface area (Å²) >= 11 is 0. The van der Waals surface area contributed by atoms with Gasteiger partial charge in [-0.3, -0.25) is 14.6 Å². The molecule has 142 valence electrons. The second-order valence-electron chi connectivity index (χ2n) is 6.77. The number of anilines is 1. The van der Waals surface area contributed by atoms with Crippen molar-refractivity contribution in [2.24, 2.45) is 5.92 Å². The molecule has 0 bridgehead atoms. The number of rotatable bonds is 8. The number of pyridine rings is 1. The molecular weight excluding hydrogens is 340 g/mol. The molecule has 0 aliphatic carbocycles. The SMILES string of the molecule is O=C(NCCNc1cccnc1)[C@H]1CCC(=O)N(CCc2ccccc2)C1. The quantitative estimate of drug-likeness (QED) is 0.702. The Morgan fingerprint density at radius 1 is 1.15 bits per heavy atom. The van der Waals surface area contributed by atoms with E-state index in [4.69, 9.17) is 0 Å². The molecule has 6 nitrogen and oxygen atoms in total.